The van der Waals surface area contributed by atoms with Crippen LogP contribution in [-0.4, -0.2) is 28.5 Å². The Bertz CT molecular complexity index is 469. The third-order valence-corrected chi connectivity index (χ3v) is 4.31. The molecular formula is C15H21NO3S. The predicted molar refractivity (Wildman–Crippen MR) is 83.2 cm³/mol. The normalized spacial score (nSPS) is 11.2. The van der Waals surface area contributed by atoms with E-state index in [4.69, 9.17) is 5.11 Å². The number of amides is 1. The lowest BCUT2D eigenvalue weighted by Gasteiger charge is -2.17. The number of carbonyl (C=O) groups is 2. The van der Waals surface area contributed by atoms with Crippen molar-refractivity contribution in [3.63, 3.8) is 0 Å². The van der Waals surface area contributed by atoms with Gasteiger partial charge in [0.15, 0.2) is 0 Å². The standard InChI is InChI=1S/C15H21NO3S/c1-4-11-5-7-12(8-6-11)16-13(17)9-20-10-15(2,3)14(18)19/h5-8H,4,9-10H2,1-3H3,(H,16,17)(H,18,19). The minimum atomic E-state index is -0.847. The van der Waals surface area contributed by atoms with Crippen LogP contribution in [0.1, 0.15) is 26.3 Å². The number of benzene rings is 1. The van der Waals surface area contributed by atoms with Crippen LogP contribution < -0.4 is 5.32 Å². The second-order valence-corrected chi connectivity index (χ2v) is 6.27. The molecule has 1 aromatic rings. The van der Waals surface area contributed by atoms with Crippen molar-refractivity contribution in [1.82, 2.24) is 0 Å². The number of carboxylic acids is 1. The molecule has 0 aliphatic carbocycles. The molecule has 0 saturated heterocycles. The molecule has 1 amide bonds. The molecule has 0 bridgehead atoms. The van der Waals surface area contributed by atoms with Gasteiger partial charge in [0.2, 0.25) is 5.91 Å². The number of hydrogen-bond acceptors (Lipinski definition) is 3. The van der Waals surface area contributed by atoms with Crippen molar-refractivity contribution in [3.8, 4) is 0 Å². The number of carboxylic acid groups (broad SMARTS) is 1. The van der Waals surface area contributed by atoms with E-state index in [1.54, 1.807) is 13.8 Å². The molecule has 0 unspecified atom stereocenters. The van der Waals surface area contributed by atoms with Gasteiger partial charge in [-0.15, -0.1) is 0 Å². The maximum atomic E-state index is 11.7. The Morgan fingerprint density at radius 3 is 2.35 bits per heavy atom. The van der Waals surface area contributed by atoms with Crippen LogP contribution in [0.15, 0.2) is 24.3 Å². The maximum Gasteiger partial charge on any atom is 0.309 e. The summed E-state index contributed by atoms with van der Waals surface area (Å²) >= 11 is 1.33. The molecule has 2 N–H and O–H groups in total. The Morgan fingerprint density at radius 2 is 1.85 bits per heavy atom. The highest BCUT2D eigenvalue weighted by molar-refractivity contribution is 8.00. The monoisotopic (exact) mass is 295 g/mol. The second-order valence-electron chi connectivity index (χ2n) is 5.28. The fourth-order valence-electron chi connectivity index (χ4n) is 1.48. The first-order valence-corrected chi connectivity index (χ1v) is 7.70. The van der Waals surface area contributed by atoms with E-state index in [9.17, 15) is 9.59 Å². The van der Waals surface area contributed by atoms with E-state index in [0.29, 0.717) is 5.75 Å². The van der Waals surface area contributed by atoms with Crippen LogP contribution >= 0.6 is 11.8 Å². The van der Waals surface area contributed by atoms with Crippen LogP contribution in [-0.2, 0) is 16.0 Å². The molecule has 20 heavy (non-hydrogen) atoms. The highest BCUT2D eigenvalue weighted by Crippen LogP contribution is 2.22. The summed E-state index contributed by atoms with van der Waals surface area (Å²) in [6, 6.07) is 7.72. The van der Waals surface area contributed by atoms with Gasteiger partial charge in [-0.3, -0.25) is 9.59 Å². The summed E-state index contributed by atoms with van der Waals surface area (Å²) in [5.41, 5.74) is 1.18. The van der Waals surface area contributed by atoms with E-state index in [1.165, 1.54) is 17.3 Å². The van der Waals surface area contributed by atoms with Crippen molar-refractivity contribution in [2.45, 2.75) is 27.2 Å². The maximum absolute atomic E-state index is 11.7. The zero-order chi connectivity index (χ0) is 15.2. The largest absolute Gasteiger partial charge is 0.481 e. The molecule has 1 rings (SSSR count). The third kappa shape index (κ3) is 5.25. The van der Waals surface area contributed by atoms with Gasteiger partial charge in [-0.1, -0.05) is 19.1 Å². The smallest absolute Gasteiger partial charge is 0.309 e. The molecule has 0 aromatic heterocycles. The molecule has 110 valence electrons. The van der Waals surface area contributed by atoms with Gasteiger partial charge in [-0.2, -0.15) is 11.8 Å². The summed E-state index contributed by atoms with van der Waals surface area (Å²) in [7, 11) is 0. The molecule has 4 nitrogen and oxygen atoms in total. The first kappa shape index (κ1) is 16.6. The van der Waals surface area contributed by atoms with Crippen molar-refractivity contribution < 1.29 is 14.7 Å². The molecular weight excluding hydrogens is 274 g/mol. The lowest BCUT2D eigenvalue weighted by atomic mass is 9.97. The first-order chi connectivity index (χ1) is 9.35. The molecule has 5 heteroatoms. The molecule has 0 saturated carbocycles. The minimum absolute atomic E-state index is 0.111. The van der Waals surface area contributed by atoms with Crippen LogP contribution in [0.5, 0.6) is 0 Å². The zero-order valence-electron chi connectivity index (χ0n) is 12.1. The van der Waals surface area contributed by atoms with Crippen molar-refractivity contribution in [2.24, 2.45) is 5.41 Å². The van der Waals surface area contributed by atoms with E-state index in [0.717, 1.165) is 12.1 Å². The van der Waals surface area contributed by atoms with Gasteiger partial charge in [0, 0.05) is 11.4 Å². The summed E-state index contributed by atoms with van der Waals surface area (Å²) < 4.78 is 0. The number of carbonyl (C=O) groups excluding carboxylic acids is 1. The SMILES string of the molecule is CCc1ccc(NC(=O)CSCC(C)(C)C(=O)O)cc1. The number of rotatable bonds is 7. The topological polar surface area (TPSA) is 66.4 Å². The average molecular weight is 295 g/mol. The Kier molecular flexibility index (Phi) is 6.07. The van der Waals surface area contributed by atoms with E-state index >= 15 is 0 Å². The molecule has 0 fully saturated rings. The van der Waals surface area contributed by atoms with Gasteiger partial charge in [0.05, 0.1) is 11.2 Å². The van der Waals surface area contributed by atoms with Gasteiger partial charge in [-0.25, -0.2) is 0 Å². The van der Waals surface area contributed by atoms with E-state index in [2.05, 4.69) is 12.2 Å². The van der Waals surface area contributed by atoms with Gasteiger partial charge in [0.25, 0.3) is 0 Å². The highest BCUT2D eigenvalue weighted by atomic mass is 32.2. The number of aryl methyl sites for hydroxylation is 1. The van der Waals surface area contributed by atoms with Gasteiger partial charge < -0.3 is 10.4 Å². The Hall–Kier alpha value is -1.49. The van der Waals surface area contributed by atoms with Crippen LogP contribution in [0.3, 0.4) is 0 Å². The van der Waals surface area contributed by atoms with Crippen molar-refractivity contribution in [3.05, 3.63) is 29.8 Å². The summed E-state index contributed by atoms with van der Waals surface area (Å²) in [5, 5.41) is 11.8. The predicted octanol–water partition coefficient (Wildman–Crippen LogP) is 3.03. The van der Waals surface area contributed by atoms with Gasteiger partial charge in [0.1, 0.15) is 0 Å². The Balaban J connectivity index is 2.38. The third-order valence-electron chi connectivity index (χ3n) is 2.92. The van der Waals surface area contributed by atoms with Crippen LogP contribution in [0, 0.1) is 5.41 Å². The van der Waals surface area contributed by atoms with Crippen molar-refractivity contribution >= 4 is 29.3 Å². The second kappa shape index (κ2) is 7.33. The summed E-state index contributed by atoms with van der Waals surface area (Å²) in [5.74, 6) is -0.294. The van der Waals surface area contributed by atoms with Gasteiger partial charge in [-0.05, 0) is 38.0 Å². The summed E-state index contributed by atoms with van der Waals surface area (Å²) in [6.07, 6.45) is 0.967. The quantitative estimate of drug-likeness (QED) is 0.811. The average Bonchev–Trinajstić information content (AvgIpc) is 2.39. The molecule has 0 heterocycles. The first-order valence-electron chi connectivity index (χ1n) is 6.55. The number of hydrogen-bond donors (Lipinski definition) is 2. The van der Waals surface area contributed by atoms with Gasteiger partial charge >= 0.3 is 5.97 Å². The number of aliphatic carboxylic acids is 1. The highest BCUT2D eigenvalue weighted by Gasteiger charge is 2.27. The summed E-state index contributed by atoms with van der Waals surface area (Å²) in [4.78, 5) is 22.7. The molecule has 0 radical (unpaired) electrons. The van der Waals surface area contributed by atoms with Crippen LogP contribution in [0.2, 0.25) is 0 Å². The lowest BCUT2D eigenvalue weighted by molar-refractivity contribution is -0.145. The lowest BCUT2D eigenvalue weighted by Crippen LogP contribution is -2.27. The molecule has 0 atom stereocenters. The molecule has 0 aliphatic heterocycles. The zero-order valence-corrected chi connectivity index (χ0v) is 12.9. The van der Waals surface area contributed by atoms with E-state index in [-0.39, 0.29) is 11.7 Å². The number of anilines is 1. The fourth-order valence-corrected chi connectivity index (χ4v) is 2.47. The number of nitrogens with one attached hydrogen (secondary N) is 1. The Labute approximate surface area is 124 Å². The minimum Gasteiger partial charge on any atom is -0.481 e. The van der Waals surface area contributed by atoms with Crippen LogP contribution in [0.4, 0.5) is 5.69 Å². The van der Waals surface area contributed by atoms with Crippen molar-refractivity contribution in [2.75, 3.05) is 16.8 Å². The van der Waals surface area contributed by atoms with Crippen molar-refractivity contribution in [1.29, 1.82) is 0 Å². The fraction of sp³-hybridized carbons (Fsp3) is 0.467. The molecule has 0 spiro atoms. The molecule has 0 aliphatic rings. The Morgan fingerprint density at radius 1 is 1.25 bits per heavy atom. The van der Waals surface area contributed by atoms with E-state index < -0.39 is 11.4 Å². The number of thioether (sulfide) groups is 1. The van der Waals surface area contributed by atoms with E-state index in [1.807, 2.05) is 24.3 Å². The van der Waals surface area contributed by atoms with Crippen LogP contribution in [0.25, 0.3) is 0 Å². The molecule has 1 aromatic carbocycles. The summed E-state index contributed by atoms with van der Waals surface area (Å²) in [6.45, 7) is 5.39.